The molecule has 1 unspecified atom stereocenters. The summed E-state index contributed by atoms with van der Waals surface area (Å²) in [5.74, 6) is 0.799. The van der Waals surface area contributed by atoms with E-state index in [0.29, 0.717) is 13.0 Å². The predicted octanol–water partition coefficient (Wildman–Crippen LogP) is 2.82. The lowest BCUT2D eigenvalue weighted by atomic mass is 10.1. The molecular weight excluding hydrogens is 234 g/mol. The van der Waals surface area contributed by atoms with Crippen molar-refractivity contribution in [1.82, 2.24) is 4.98 Å². The van der Waals surface area contributed by atoms with E-state index in [1.165, 1.54) is 0 Å². The van der Waals surface area contributed by atoms with Gasteiger partial charge in [0.05, 0.1) is 18.2 Å². The van der Waals surface area contributed by atoms with E-state index in [-0.39, 0.29) is 0 Å². The average molecular weight is 249 g/mol. The lowest BCUT2D eigenvalue weighted by Gasteiger charge is -2.11. The van der Waals surface area contributed by atoms with E-state index in [2.05, 4.69) is 4.98 Å². The number of hydrogen-bond donors (Lipinski definition) is 1. The fourth-order valence-corrected chi connectivity index (χ4v) is 2.26. The molecule has 0 aliphatic carbocycles. The first-order valence-electron chi connectivity index (χ1n) is 5.57. The molecule has 0 saturated heterocycles. The number of nitrogens with zero attached hydrogens (tertiary/aromatic N) is 1. The Morgan fingerprint density at radius 3 is 3.06 bits per heavy atom. The summed E-state index contributed by atoms with van der Waals surface area (Å²) >= 11 is 1.56. The number of hydrogen-bond acceptors (Lipinski definition) is 4. The van der Waals surface area contributed by atoms with Crippen molar-refractivity contribution in [3.8, 4) is 5.75 Å². The van der Waals surface area contributed by atoms with Crippen LogP contribution in [0.3, 0.4) is 0 Å². The van der Waals surface area contributed by atoms with Crippen LogP contribution in [-0.4, -0.2) is 16.7 Å². The molecule has 17 heavy (non-hydrogen) atoms. The summed E-state index contributed by atoms with van der Waals surface area (Å²) in [4.78, 5) is 5.08. The third kappa shape index (κ3) is 3.28. The second-order valence-electron chi connectivity index (χ2n) is 3.69. The van der Waals surface area contributed by atoms with Crippen molar-refractivity contribution in [1.29, 1.82) is 0 Å². The minimum absolute atomic E-state index is 0.504. The molecule has 1 N–H and O–H groups in total. The second kappa shape index (κ2) is 5.80. The molecule has 0 aliphatic rings. The number of benzene rings is 1. The predicted molar refractivity (Wildman–Crippen MR) is 68.4 cm³/mol. The summed E-state index contributed by atoms with van der Waals surface area (Å²) in [6, 6.07) is 7.59. The van der Waals surface area contributed by atoms with Crippen LogP contribution in [0.15, 0.2) is 36.0 Å². The van der Waals surface area contributed by atoms with Gasteiger partial charge in [-0.1, -0.05) is 12.1 Å². The number of aliphatic hydroxyl groups is 1. The molecule has 0 amide bonds. The van der Waals surface area contributed by atoms with Crippen molar-refractivity contribution >= 4 is 11.3 Å². The number of aliphatic hydroxyl groups excluding tert-OH is 1. The average Bonchev–Trinajstić information content (AvgIpc) is 2.83. The topological polar surface area (TPSA) is 42.4 Å². The zero-order chi connectivity index (χ0) is 12.1. The Labute approximate surface area is 105 Å². The van der Waals surface area contributed by atoms with Crippen molar-refractivity contribution in [2.24, 2.45) is 0 Å². The first-order chi connectivity index (χ1) is 8.29. The molecular formula is C13H15NO2S. The fraction of sp³-hybridized carbons (Fsp3) is 0.308. The van der Waals surface area contributed by atoms with Crippen molar-refractivity contribution in [3.05, 3.63) is 46.4 Å². The quantitative estimate of drug-likeness (QED) is 0.886. The summed E-state index contributed by atoms with van der Waals surface area (Å²) in [6.07, 6.45) is 1.89. The first kappa shape index (κ1) is 12.1. The van der Waals surface area contributed by atoms with Gasteiger partial charge in [-0.2, -0.15) is 0 Å². The molecule has 1 atom stereocenters. The lowest BCUT2D eigenvalue weighted by molar-refractivity contribution is 0.179. The van der Waals surface area contributed by atoms with Crippen LogP contribution >= 0.6 is 11.3 Å². The van der Waals surface area contributed by atoms with Gasteiger partial charge < -0.3 is 9.84 Å². The third-order valence-corrected chi connectivity index (χ3v) is 3.23. The summed E-state index contributed by atoms with van der Waals surface area (Å²) in [5, 5.41) is 10.1. The Kier molecular flexibility index (Phi) is 4.12. The van der Waals surface area contributed by atoms with Crippen LogP contribution in [0.1, 0.15) is 23.5 Å². The second-order valence-corrected chi connectivity index (χ2v) is 4.66. The number of thiazole rings is 1. The summed E-state index contributed by atoms with van der Waals surface area (Å²) < 4.78 is 5.41. The van der Waals surface area contributed by atoms with Crippen LogP contribution in [-0.2, 0) is 6.42 Å². The van der Waals surface area contributed by atoms with Crippen molar-refractivity contribution in [2.75, 3.05) is 6.61 Å². The molecule has 0 bridgehead atoms. The Hall–Kier alpha value is -1.39. The van der Waals surface area contributed by atoms with E-state index >= 15 is 0 Å². The maximum atomic E-state index is 10.1. The Bertz CT molecular complexity index is 456. The molecule has 1 aromatic heterocycles. The molecule has 3 nitrogen and oxygen atoms in total. The minimum Gasteiger partial charge on any atom is -0.494 e. The Balaban J connectivity index is 2.07. The van der Waals surface area contributed by atoms with E-state index in [0.717, 1.165) is 16.2 Å². The molecule has 90 valence electrons. The standard InChI is InChI=1S/C13H15NO2S/c1-2-16-11-5-3-4-10(6-11)13(15)7-12-8-14-9-17-12/h3-6,8-9,13,15H,2,7H2,1H3. The van der Waals surface area contributed by atoms with Gasteiger partial charge in [0.1, 0.15) is 5.75 Å². The maximum absolute atomic E-state index is 10.1. The number of ether oxygens (including phenoxy) is 1. The molecule has 0 spiro atoms. The van der Waals surface area contributed by atoms with Crippen molar-refractivity contribution in [2.45, 2.75) is 19.4 Å². The zero-order valence-corrected chi connectivity index (χ0v) is 10.5. The van der Waals surface area contributed by atoms with E-state index < -0.39 is 6.10 Å². The van der Waals surface area contributed by atoms with E-state index in [1.807, 2.05) is 31.2 Å². The van der Waals surface area contributed by atoms with Gasteiger partial charge in [-0.15, -0.1) is 11.3 Å². The summed E-state index contributed by atoms with van der Waals surface area (Å²) in [7, 11) is 0. The van der Waals surface area contributed by atoms with Gasteiger partial charge in [-0.05, 0) is 24.6 Å². The van der Waals surface area contributed by atoms with Gasteiger partial charge in [0.25, 0.3) is 0 Å². The molecule has 2 rings (SSSR count). The molecule has 0 saturated carbocycles. The Morgan fingerprint density at radius 2 is 2.35 bits per heavy atom. The highest BCUT2D eigenvalue weighted by Crippen LogP contribution is 2.23. The van der Waals surface area contributed by atoms with Gasteiger partial charge in [-0.25, -0.2) is 0 Å². The van der Waals surface area contributed by atoms with E-state index in [1.54, 1.807) is 23.0 Å². The molecule has 0 radical (unpaired) electrons. The summed E-state index contributed by atoms with van der Waals surface area (Å²) in [6.45, 7) is 2.58. The number of aromatic nitrogens is 1. The monoisotopic (exact) mass is 249 g/mol. The van der Waals surface area contributed by atoms with Gasteiger partial charge in [0.2, 0.25) is 0 Å². The minimum atomic E-state index is -0.504. The van der Waals surface area contributed by atoms with Gasteiger partial charge >= 0.3 is 0 Å². The highest BCUT2D eigenvalue weighted by Gasteiger charge is 2.10. The van der Waals surface area contributed by atoms with Crippen LogP contribution in [0.2, 0.25) is 0 Å². The van der Waals surface area contributed by atoms with Gasteiger partial charge in [-0.3, -0.25) is 4.98 Å². The first-order valence-corrected chi connectivity index (χ1v) is 6.45. The SMILES string of the molecule is CCOc1cccc(C(O)Cc2cncs2)c1. The largest absolute Gasteiger partial charge is 0.494 e. The molecule has 2 aromatic rings. The smallest absolute Gasteiger partial charge is 0.119 e. The van der Waals surface area contributed by atoms with E-state index in [9.17, 15) is 5.11 Å². The van der Waals surface area contributed by atoms with Crippen molar-refractivity contribution < 1.29 is 9.84 Å². The fourth-order valence-electron chi connectivity index (χ4n) is 1.63. The zero-order valence-electron chi connectivity index (χ0n) is 9.67. The van der Waals surface area contributed by atoms with Crippen LogP contribution in [0.25, 0.3) is 0 Å². The van der Waals surface area contributed by atoms with Gasteiger partial charge in [0, 0.05) is 17.5 Å². The van der Waals surface area contributed by atoms with E-state index in [4.69, 9.17) is 4.74 Å². The normalized spacial score (nSPS) is 12.4. The van der Waals surface area contributed by atoms with Crippen LogP contribution in [0.5, 0.6) is 5.75 Å². The lowest BCUT2D eigenvalue weighted by Crippen LogP contribution is -2.01. The van der Waals surface area contributed by atoms with Crippen LogP contribution < -0.4 is 4.74 Å². The Morgan fingerprint density at radius 1 is 1.47 bits per heavy atom. The molecule has 4 heteroatoms. The third-order valence-electron chi connectivity index (χ3n) is 2.43. The van der Waals surface area contributed by atoms with Crippen LogP contribution in [0, 0.1) is 0 Å². The molecule has 0 fully saturated rings. The molecule has 1 heterocycles. The van der Waals surface area contributed by atoms with Crippen LogP contribution in [0.4, 0.5) is 0 Å². The number of rotatable bonds is 5. The highest BCUT2D eigenvalue weighted by molar-refractivity contribution is 7.09. The van der Waals surface area contributed by atoms with Crippen molar-refractivity contribution in [3.63, 3.8) is 0 Å². The highest BCUT2D eigenvalue weighted by atomic mass is 32.1. The maximum Gasteiger partial charge on any atom is 0.119 e. The van der Waals surface area contributed by atoms with Gasteiger partial charge in [0.15, 0.2) is 0 Å². The molecule has 0 aliphatic heterocycles. The molecule has 1 aromatic carbocycles. The summed E-state index contributed by atoms with van der Waals surface area (Å²) in [5.41, 5.74) is 2.66.